The van der Waals surface area contributed by atoms with Crippen LogP contribution < -0.4 is 0 Å². The molecule has 0 bridgehead atoms. The molecule has 2 aromatic rings. The number of thiophene rings is 1. The summed E-state index contributed by atoms with van der Waals surface area (Å²) in [6.07, 6.45) is 0. The fraction of sp³-hybridized carbons (Fsp3) is 0.154. The van der Waals surface area contributed by atoms with Gasteiger partial charge >= 0.3 is 0 Å². The molecule has 0 N–H and O–H groups in total. The highest BCUT2D eigenvalue weighted by molar-refractivity contribution is 14.1. The van der Waals surface area contributed by atoms with Crippen molar-refractivity contribution in [3.63, 3.8) is 0 Å². The average molecular weight is 360 g/mol. The van der Waals surface area contributed by atoms with E-state index < -0.39 is 5.82 Å². The summed E-state index contributed by atoms with van der Waals surface area (Å²) in [5.41, 5.74) is 2.26. The lowest BCUT2D eigenvalue weighted by atomic mass is 9.98. The summed E-state index contributed by atoms with van der Waals surface area (Å²) in [6, 6.07) is 5.01. The molecule has 0 aliphatic rings. The van der Waals surface area contributed by atoms with Gasteiger partial charge in [-0.1, -0.05) is 6.07 Å². The first kappa shape index (κ1) is 12.7. The molecule has 0 amide bonds. The van der Waals surface area contributed by atoms with Crippen LogP contribution in [0.4, 0.5) is 4.39 Å². The molecule has 1 nitrogen and oxygen atoms in total. The van der Waals surface area contributed by atoms with E-state index in [4.69, 9.17) is 0 Å². The van der Waals surface area contributed by atoms with Crippen molar-refractivity contribution in [3.05, 3.63) is 54.5 Å². The maximum Gasteiger partial charge on any atom is 0.197 e. The normalized spacial score (nSPS) is 10.6. The first-order valence-electron chi connectivity index (χ1n) is 5.04. The van der Waals surface area contributed by atoms with E-state index >= 15 is 0 Å². The van der Waals surface area contributed by atoms with Gasteiger partial charge in [0.2, 0.25) is 0 Å². The van der Waals surface area contributed by atoms with Gasteiger partial charge in [-0.2, -0.15) is 0 Å². The Labute approximate surface area is 117 Å². The summed E-state index contributed by atoms with van der Waals surface area (Å²) < 4.78 is 14.9. The Morgan fingerprint density at radius 2 is 2.00 bits per heavy atom. The van der Waals surface area contributed by atoms with Crippen LogP contribution in [-0.4, -0.2) is 5.78 Å². The number of benzene rings is 1. The monoisotopic (exact) mass is 360 g/mol. The van der Waals surface area contributed by atoms with E-state index in [1.807, 2.05) is 13.0 Å². The second-order valence-corrected chi connectivity index (χ2v) is 6.71. The molecule has 1 heterocycles. The second kappa shape index (κ2) is 4.86. The molecule has 0 fully saturated rings. The number of carbonyl (C=O) groups excluding carboxylic acids is 1. The number of aryl methyl sites for hydroxylation is 2. The molecule has 1 aromatic carbocycles. The van der Waals surface area contributed by atoms with Crippen LogP contribution in [0.2, 0.25) is 0 Å². The fourth-order valence-electron chi connectivity index (χ4n) is 1.78. The fourth-order valence-corrected chi connectivity index (χ4v) is 3.10. The molecule has 0 spiro atoms. The van der Waals surface area contributed by atoms with Gasteiger partial charge in [0, 0.05) is 10.9 Å². The minimum atomic E-state index is -0.436. The van der Waals surface area contributed by atoms with E-state index in [9.17, 15) is 9.18 Å². The average Bonchev–Trinajstić information content (AvgIpc) is 2.63. The lowest BCUT2D eigenvalue weighted by molar-refractivity contribution is 0.103. The minimum absolute atomic E-state index is 0.185. The van der Waals surface area contributed by atoms with E-state index in [0.29, 0.717) is 11.1 Å². The van der Waals surface area contributed by atoms with Crippen molar-refractivity contribution in [3.8, 4) is 0 Å². The van der Waals surface area contributed by atoms with Crippen LogP contribution in [0.25, 0.3) is 0 Å². The molecule has 1 aromatic heterocycles. The number of rotatable bonds is 2. The topological polar surface area (TPSA) is 17.1 Å². The number of halogens is 2. The zero-order chi connectivity index (χ0) is 12.6. The summed E-state index contributed by atoms with van der Waals surface area (Å²) in [4.78, 5) is 12.2. The molecule has 4 heteroatoms. The van der Waals surface area contributed by atoms with Crippen LogP contribution in [0.15, 0.2) is 23.6 Å². The Hall–Kier alpha value is -0.750. The molecule has 2 rings (SSSR count). The highest BCUT2D eigenvalue weighted by Gasteiger charge is 2.18. The number of hydrogen-bond donors (Lipinski definition) is 0. The van der Waals surface area contributed by atoms with E-state index in [1.54, 1.807) is 18.4 Å². The van der Waals surface area contributed by atoms with Crippen LogP contribution in [0, 0.1) is 22.5 Å². The highest BCUT2D eigenvalue weighted by Crippen LogP contribution is 2.23. The van der Waals surface area contributed by atoms with Gasteiger partial charge in [-0.15, -0.1) is 11.3 Å². The maximum atomic E-state index is 13.8. The highest BCUT2D eigenvalue weighted by atomic mass is 127. The van der Waals surface area contributed by atoms with Gasteiger partial charge in [-0.05, 0) is 59.7 Å². The van der Waals surface area contributed by atoms with Gasteiger partial charge in [0.15, 0.2) is 5.78 Å². The van der Waals surface area contributed by atoms with E-state index in [2.05, 4.69) is 22.6 Å². The van der Waals surface area contributed by atoms with Crippen LogP contribution in [-0.2, 0) is 0 Å². The molecule has 0 aliphatic carbocycles. The largest absolute Gasteiger partial charge is 0.288 e. The molecule has 0 aliphatic heterocycles. The Morgan fingerprint density at radius 3 is 2.53 bits per heavy atom. The third-order valence-electron chi connectivity index (χ3n) is 2.49. The number of carbonyl (C=O) groups is 1. The summed E-state index contributed by atoms with van der Waals surface area (Å²) in [7, 11) is 0. The van der Waals surface area contributed by atoms with Crippen LogP contribution in [0.1, 0.15) is 27.0 Å². The Balaban J connectivity index is 2.51. The lowest BCUT2D eigenvalue weighted by Gasteiger charge is -2.06. The van der Waals surface area contributed by atoms with Gasteiger partial charge in [0.05, 0.1) is 8.45 Å². The zero-order valence-electron chi connectivity index (χ0n) is 9.38. The summed E-state index contributed by atoms with van der Waals surface area (Å²) in [6.45, 7) is 3.58. The molecular formula is C13H10FIOS. The van der Waals surface area contributed by atoms with Crippen molar-refractivity contribution >= 4 is 39.7 Å². The van der Waals surface area contributed by atoms with Crippen molar-refractivity contribution in [2.75, 3.05) is 0 Å². The van der Waals surface area contributed by atoms with Crippen molar-refractivity contribution in [2.24, 2.45) is 0 Å². The third-order valence-corrected chi connectivity index (χ3v) is 4.28. The predicted octanol–water partition coefficient (Wildman–Crippen LogP) is 4.34. The van der Waals surface area contributed by atoms with Crippen molar-refractivity contribution in [1.29, 1.82) is 0 Å². The lowest BCUT2D eigenvalue weighted by Crippen LogP contribution is -2.06. The van der Waals surface area contributed by atoms with Gasteiger partial charge in [0.25, 0.3) is 0 Å². The summed E-state index contributed by atoms with van der Waals surface area (Å²) in [5, 5.41) is 1.77. The van der Waals surface area contributed by atoms with E-state index in [0.717, 1.165) is 8.45 Å². The molecule has 0 atom stereocenters. The maximum absolute atomic E-state index is 13.8. The summed E-state index contributed by atoms with van der Waals surface area (Å²) >= 11 is 3.63. The smallest absolute Gasteiger partial charge is 0.197 e. The van der Waals surface area contributed by atoms with Gasteiger partial charge in [0.1, 0.15) is 5.82 Å². The first-order valence-corrected chi connectivity index (χ1v) is 7.00. The number of hydrogen-bond acceptors (Lipinski definition) is 2. The Morgan fingerprint density at radius 1 is 1.29 bits per heavy atom. The molecular weight excluding hydrogens is 350 g/mol. The van der Waals surface area contributed by atoms with Crippen molar-refractivity contribution in [1.82, 2.24) is 0 Å². The van der Waals surface area contributed by atoms with Crippen LogP contribution in [0.3, 0.4) is 0 Å². The van der Waals surface area contributed by atoms with E-state index in [-0.39, 0.29) is 11.3 Å². The van der Waals surface area contributed by atoms with Gasteiger partial charge < -0.3 is 0 Å². The molecule has 0 unspecified atom stereocenters. The Bertz CT molecular complexity index is 566. The quantitative estimate of drug-likeness (QED) is 0.575. The predicted molar refractivity (Wildman–Crippen MR) is 76.3 cm³/mol. The van der Waals surface area contributed by atoms with Crippen molar-refractivity contribution in [2.45, 2.75) is 13.8 Å². The van der Waals surface area contributed by atoms with Crippen LogP contribution >= 0.6 is 33.9 Å². The third kappa shape index (κ3) is 2.57. The SMILES string of the molecule is Cc1cc(C)c(C(=O)c2csc(I)c2)c(F)c1. The van der Waals surface area contributed by atoms with Crippen LogP contribution in [0.5, 0.6) is 0 Å². The van der Waals surface area contributed by atoms with E-state index in [1.165, 1.54) is 17.4 Å². The van der Waals surface area contributed by atoms with Gasteiger partial charge in [-0.3, -0.25) is 4.79 Å². The second-order valence-electron chi connectivity index (χ2n) is 3.91. The minimum Gasteiger partial charge on any atom is -0.288 e. The zero-order valence-corrected chi connectivity index (χ0v) is 12.4. The standard InChI is InChI=1S/C13H10FIOS/c1-7-3-8(2)12(10(14)4-7)13(16)9-5-11(15)17-6-9/h3-6H,1-2H3. The molecule has 0 saturated carbocycles. The molecule has 0 radical (unpaired) electrons. The first-order chi connectivity index (χ1) is 7.99. The molecule has 0 saturated heterocycles. The van der Waals surface area contributed by atoms with Gasteiger partial charge in [-0.25, -0.2) is 4.39 Å². The Kier molecular flexibility index (Phi) is 3.63. The number of ketones is 1. The van der Waals surface area contributed by atoms with Crippen molar-refractivity contribution < 1.29 is 9.18 Å². The molecule has 17 heavy (non-hydrogen) atoms. The summed E-state index contributed by atoms with van der Waals surface area (Å²) in [5.74, 6) is -0.673. The molecule has 88 valence electrons.